The van der Waals surface area contributed by atoms with Gasteiger partial charge in [-0.3, -0.25) is 4.79 Å². The molecule has 0 bridgehead atoms. The van der Waals surface area contributed by atoms with Crippen molar-refractivity contribution in [1.29, 1.82) is 0 Å². The van der Waals surface area contributed by atoms with E-state index in [0.717, 1.165) is 23.0 Å². The van der Waals surface area contributed by atoms with E-state index in [2.05, 4.69) is 5.32 Å². The van der Waals surface area contributed by atoms with Crippen molar-refractivity contribution in [3.63, 3.8) is 0 Å². The molecule has 0 spiro atoms. The molecule has 15 heavy (non-hydrogen) atoms. The van der Waals surface area contributed by atoms with Crippen molar-refractivity contribution in [2.75, 3.05) is 25.5 Å². The molecule has 1 saturated heterocycles. The Kier molecular flexibility index (Phi) is 3.17. The zero-order valence-corrected chi connectivity index (χ0v) is 10.1. The molecule has 1 atom stereocenters. The standard InChI is InChI=1S/C10H13ClN2OS/c1-13-4-2-7(10(13)14)6-12-8-3-5-15-9(8)11/h3,5,7,12H,2,4,6H2,1H3/t7-/m0/s1. The van der Waals surface area contributed by atoms with Gasteiger partial charge >= 0.3 is 0 Å². The van der Waals surface area contributed by atoms with Crippen molar-refractivity contribution in [1.82, 2.24) is 4.90 Å². The molecule has 0 saturated carbocycles. The van der Waals surface area contributed by atoms with E-state index in [0.29, 0.717) is 6.54 Å². The van der Waals surface area contributed by atoms with Gasteiger partial charge in [-0.05, 0) is 17.9 Å². The van der Waals surface area contributed by atoms with Crippen LogP contribution in [-0.2, 0) is 4.79 Å². The van der Waals surface area contributed by atoms with Crippen molar-refractivity contribution in [2.24, 2.45) is 5.92 Å². The number of carbonyl (C=O) groups is 1. The fraction of sp³-hybridized carbons (Fsp3) is 0.500. The number of nitrogens with zero attached hydrogens (tertiary/aromatic N) is 1. The quantitative estimate of drug-likeness (QED) is 0.885. The van der Waals surface area contributed by atoms with Gasteiger partial charge in [-0.2, -0.15) is 0 Å². The maximum Gasteiger partial charge on any atom is 0.227 e. The molecule has 1 aliphatic heterocycles. The molecular formula is C10H13ClN2OS. The molecule has 3 nitrogen and oxygen atoms in total. The highest BCUT2D eigenvalue weighted by atomic mass is 35.5. The second kappa shape index (κ2) is 4.41. The molecule has 1 aromatic rings. The van der Waals surface area contributed by atoms with Crippen LogP contribution in [0, 0.1) is 5.92 Å². The first-order chi connectivity index (χ1) is 7.18. The summed E-state index contributed by atoms with van der Waals surface area (Å²) in [4.78, 5) is 13.4. The average molecular weight is 245 g/mol. The first kappa shape index (κ1) is 10.8. The van der Waals surface area contributed by atoms with Gasteiger partial charge in [-0.15, -0.1) is 11.3 Å². The van der Waals surface area contributed by atoms with Gasteiger partial charge in [0.25, 0.3) is 0 Å². The fourth-order valence-electron chi connectivity index (χ4n) is 1.74. The maximum atomic E-state index is 11.6. The lowest BCUT2D eigenvalue weighted by molar-refractivity contribution is -0.129. The van der Waals surface area contributed by atoms with Crippen LogP contribution in [-0.4, -0.2) is 30.9 Å². The molecule has 1 amide bonds. The summed E-state index contributed by atoms with van der Waals surface area (Å²) in [6.07, 6.45) is 0.935. The predicted octanol–water partition coefficient (Wildman–Crippen LogP) is 2.29. The number of nitrogens with one attached hydrogen (secondary N) is 1. The molecule has 0 aromatic carbocycles. The third-order valence-corrected chi connectivity index (χ3v) is 3.87. The number of hydrogen-bond acceptors (Lipinski definition) is 3. The van der Waals surface area contributed by atoms with E-state index in [9.17, 15) is 4.79 Å². The monoisotopic (exact) mass is 244 g/mol. The number of likely N-dealkylation sites (tertiary alicyclic amines) is 1. The summed E-state index contributed by atoms with van der Waals surface area (Å²) in [7, 11) is 1.85. The second-order valence-electron chi connectivity index (χ2n) is 3.73. The van der Waals surface area contributed by atoms with E-state index < -0.39 is 0 Å². The van der Waals surface area contributed by atoms with Crippen molar-refractivity contribution < 1.29 is 4.79 Å². The van der Waals surface area contributed by atoms with E-state index >= 15 is 0 Å². The summed E-state index contributed by atoms with van der Waals surface area (Å²) < 4.78 is 0.758. The molecule has 2 rings (SSSR count). The number of anilines is 1. The Morgan fingerprint density at radius 2 is 2.53 bits per heavy atom. The number of hydrogen-bond donors (Lipinski definition) is 1. The molecule has 2 heterocycles. The van der Waals surface area contributed by atoms with Crippen LogP contribution in [0.1, 0.15) is 6.42 Å². The van der Waals surface area contributed by atoms with E-state index in [-0.39, 0.29) is 11.8 Å². The lowest BCUT2D eigenvalue weighted by Gasteiger charge is -2.11. The van der Waals surface area contributed by atoms with Crippen LogP contribution in [0.3, 0.4) is 0 Å². The largest absolute Gasteiger partial charge is 0.382 e. The van der Waals surface area contributed by atoms with Gasteiger partial charge < -0.3 is 10.2 Å². The Morgan fingerprint density at radius 3 is 3.07 bits per heavy atom. The van der Waals surface area contributed by atoms with E-state index in [1.54, 1.807) is 4.90 Å². The van der Waals surface area contributed by atoms with E-state index in [1.807, 2.05) is 18.5 Å². The second-order valence-corrected chi connectivity index (χ2v) is 5.25. The lowest BCUT2D eigenvalue weighted by Crippen LogP contribution is -2.26. The predicted molar refractivity (Wildman–Crippen MR) is 63.6 cm³/mol. The van der Waals surface area contributed by atoms with Crippen LogP contribution in [0.2, 0.25) is 4.34 Å². The van der Waals surface area contributed by atoms with Gasteiger partial charge in [0.05, 0.1) is 11.6 Å². The van der Waals surface area contributed by atoms with E-state index in [1.165, 1.54) is 11.3 Å². The molecule has 1 N–H and O–H groups in total. The first-order valence-electron chi connectivity index (χ1n) is 4.90. The molecule has 5 heteroatoms. The highest BCUT2D eigenvalue weighted by molar-refractivity contribution is 7.15. The number of thiophene rings is 1. The average Bonchev–Trinajstić information content (AvgIpc) is 2.74. The Hall–Kier alpha value is -0.740. The van der Waals surface area contributed by atoms with Crippen molar-refractivity contribution in [3.8, 4) is 0 Å². The third kappa shape index (κ3) is 2.26. The zero-order valence-electron chi connectivity index (χ0n) is 8.50. The van der Waals surface area contributed by atoms with Crippen LogP contribution in [0.15, 0.2) is 11.4 Å². The van der Waals surface area contributed by atoms with Gasteiger partial charge in [-0.1, -0.05) is 11.6 Å². The smallest absolute Gasteiger partial charge is 0.227 e. The molecular weight excluding hydrogens is 232 g/mol. The minimum Gasteiger partial charge on any atom is -0.382 e. The lowest BCUT2D eigenvalue weighted by atomic mass is 10.1. The van der Waals surface area contributed by atoms with Crippen molar-refractivity contribution in [2.45, 2.75) is 6.42 Å². The molecule has 0 unspecified atom stereocenters. The van der Waals surface area contributed by atoms with Gasteiger partial charge in [0.1, 0.15) is 4.34 Å². The van der Waals surface area contributed by atoms with Crippen LogP contribution in [0.4, 0.5) is 5.69 Å². The van der Waals surface area contributed by atoms with Crippen molar-refractivity contribution >= 4 is 34.5 Å². The Bertz CT molecular complexity index is 366. The van der Waals surface area contributed by atoms with E-state index in [4.69, 9.17) is 11.6 Å². The van der Waals surface area contributed by atoms with Crippen molar-refractivity contribution in [3.05, 3.63) is 15.8 Å². The summed E-state index contributed by atoms with van der Waals surface area (Å²) in [6, 6.07) is 1.94. The number of carbonyl (C=O) groups excluding carboxylic acids is 1. The Labute approximate surface area is 98.0 Å². The first-order valence-corrected chi connectivity index (χ1v) is 6.16. The maximum absolute atomic E-state index is 11.6. The van der Waals surface area contributed by atoms with Gasteiger partial charge in [0, 0.05) is 20.1 Å². The normalized spacial score (nSPS) is 21.1. The topological polar surface area (TPSA) is 32.3 Å². The molecule has 1 aromatic heterocycles. The summed E-state index contributed by atoms with van der Waals surface area (Å²) in [5.41, 5.74) is 0.934. The zero-order chi connectivity index (χ0) is 10.8. The van der Waals surface area contributed by atoms with Crippen LogP contribution >= 0.6 is 22.9 Å². The minimum atomic E-state index is 0.103. The Balaban J connectivity index is 1.89. The summed E-state index contributed by atoms with van der Waals surface area (Å²) >= 11 is 7.45. The highest BCUT2D eigenvalue weighted by Crippen LogP contribution is 2.28. The van der Waals surface area contributed by atoms with Gasteiger partial charge in [-0.25, -0.2) is 0 Å². The molecule has 0 aliphatic carbocycles. The number of rotatable bonds is 3. The molecule has 82 valence electrons. The third-order valence-electron chi connectivity index (χ3n) is 2.70. The molecule has 1 fully saturated rings. The molecule has 1 aliphatic rings. The molecule has 0 radical (unpaired) electrons. The highest BCUT2D eigenvalue weighted by Gasteiger charge is 2.28. The van der Waals surface area contributed by atoms with Gasteiger partial charge in [0.2, 0.25) is 5.91 Å². The Morgan fingerprint density at radius 1 is 1.73 bits per heavy atom. The summed E-state index contributed by atoms with van der Waals surface area (Å²) in [5, 5.41) is 5.15. The van der Waals surface area contributed by atoms with Crippen LogP contribution in [0.5, 0.6) is 0 Å². The van der Waals surface area contributed by atoms with Gasteiger partial charge in [0.15, 0.2) is 0 Å². The van der Waals surface area contributed by atoms with Crippen LogP contribution < -0.4 is 5.32 Å². The SMILES string of the molecule is CN1CC[C@@H](CNc2ccsc2Cl)C1=O. The minimum absolute atomic E-state index is 0.103. The number of halogens is 1. The summed E-state index contributed by atoms with van der Waals surface area (Å²) in [5.74, 6) is 0.333. The van der Waals surface area contributed by atoms with Crippen LogP contribution in [0.25, 0.3) is 0 Å². The summed E-state index contributed by atoms with van der Waals surface area (Å²) in [6.45, 7) is 1.54. The fourth-order valence-corrected chi connectivity index (χ4v) is 2.61. The number of amides is 1.